The van der Waals surface area contributed by atoms with Crippen LogP contribution < -0.4 is 0 Å². The van der Waals surface area contributed by atoms with E-state index in [1.165, 1.54) is 0 Å². The summed E-state index contributed by atoms with van der Waals surface area (Å²) in [5.74, 6) is -0.923. The van der Waals surface area contributed by atoms with Crippen LogP contribution in [0.2, 0.25) is 0 Å². The lowest BCUT2D eigenvalue weighted by atomic mass is 10.2. The van der Waals surface area contributed by atoms with Gasteiger partial charge in [0, 0.05) is 6.42 Å². The minimum absolute atomic E-state index is 0.0621. The van der Waals surface area contributed by atoms with Crippen molar-refractivity contribution in [2.45, 2.75) is 26.1 Å². The normalized spacial score (nSPS) is 11.3. The first-order valence-corrected chi connectivity index (χ1v) is 9.48. The van der Waals surface area contributed by atoms with Gasteiger partial charge in [-0.05, 0) is 17.5 Å². The third kappa shape index (κ3) is 6.67. The highest BCUT2D eigenvalue weighted by Gasteiger charge is 2.25. The highest BCUT2D eigenvalue weighted by Crippen LogP contribution is 2.50. The first kappa shape index (κ1) is 18.4. The predicted molar refractivity (Wildman–Crippen MR) is 91.8 cm³/mol. The van der Waals surface area contributed by atoms with E-state index < -0.39 is 13.6 Å². The zero-order valence-corrected chi connectivity index (χ0v) is 14.2. The van der Waals surface area contributed by atoms with Crippen molar-refractivity contribution in [2.24, 2.45) is 0 Å². The molecular weight excluding hydrogens is 327 g/mol. The molecule has 0 saturated heterocycles. The fraction of sp³-hybridized carbons (Fsp3) is 0.278. The number of hydrogen-bond acceptors (Lipinski definition) is 4. The van der Waals surface area contributed by atoms with Crippen LogP contribution in [-0.2, 0) is 31.6 Å². The molecule has 0 unspecified atom stereocenters. The zero-order chi connectivity index (χ0) is 17.3. The van der Waals surface area contributed by atoms with Gasteiger partial charge in [0.1, 0.15) is 0 Å². The average Bonchev–Trinajstić information content (AvgIpc) is 2.60. The standard InChI is InChI=1S/C18H21O5P/c19-18(20)12-7-13-24(21,22-14-16-8-3-1-4-9-16)23-15-17-10-5-2-6-11-17/h1-6,8-11H,7,12-15H2,(H,19,20). The fourth-order valence-electron chi connectivity index (χ4n) is 2.08. The largest absolute Gasteiger partial charge is 0.481 e. The Balaban J connectivity index is 1.96. The van der Waals surface area contributed by atoms with Crippen molar-refractivity contribution in [3.8, 4) is 0 Å². The molecule has 0 aromatic heterocycles. The van der Waals surface area contributed by atoms with Crippen LogP contribution in [0.3, 0.4) is 0 Å². The van der Waals surface area contributed by atoms with E-state index in [0.717, 1.165) is 11.1 Å². The number of aliphatic carboxylic acids is 1. The molecule has 0 fully saturated rings. The molecule has 0 bridgehead atoms. The monoisotopic (exact) mass is 348 g/mol. The number of hydrogen-bond donors (Lipinski definition) is 1. The topological polar surface area (TPSA) is 72.8 Å². The Morgan fingerprint density at radius 3 is 1.75 bits per heavy atom. The van der Waals surface area contributed by atoms with Gasteiger partial charge in [0.25, 0.3) is 0 Å². The maximum Gasteiger partial charge on any atom is 0.331 e. The quantitative estimate of drug-likeness (QED) is 0.641. The minimum Gasteiger partial charge on any atom is -0.481 e. The molecule has 2 rings (SSSR count). The van der Waals surface area contributed by atoms with Gasteiger partial charge in [-0.1, -0.05) is 60.7 Å². The van der Waals surface area contributed by atoms with Crippen LogP contribution >= 0.6 is 7.60 Å². The van der Waals surface area contributed by atoms with Crippen LogP contribution in [0.15, 0.2) is 60.7 Å². The second kappa shape index (κ2) is 9.38. The van der Waals surface area contributed by atoms with Crippen LogP contribution in [-0.4, -0.2) is 17.2 Å². The van der Waals surface area contributed by atoms with Crippen molar-refractivity contribution in [1.29, 1.82) is 0 Å². The molecule has 0 aliphatic rings. The van der Waals surface area contributed by atoms with Gasteiger partial charge in [-0.2, -0.15) is 0 Å². The summed E-state index contributed by atoms with van der Waals surface area (Å²) in [6.45, 7) is 0.333. The van der Waals surface area contributed by atoms with Gasteiger partial charge < -0.3 is 14.2 Å². The van der Waals surface area contributed by atoms with Gasteiger partial charge in [0.05, 0.1) is 19.4 Å². The highest BCUT2D eigenvalue weighted by molar-refractivity contribution is 7.53. The molecule has 0 saturated carbocycles. The Bertz CT molecular complexity index is 625. The Kier molecular flexibility index (Phi) is 7.19. The van der Waals surface area contributed by atoms with E-state index in [1.807, 2.05) is 60.7 Å². The molecule has 2 aromatic rings. The molecule has 0 radical (unpaired) electrons. The summed E-state index contributed by atoms with van der Waals surface area (Å²) >= 11 is 0. The SMILES string of the molecule is O=C(O)CCCP(=O)(OCc1ccccc1)OCc1ccccc1. The molecule has 5 nitrogen and oxygen atoms in total. The lowest BCUT2D eigenvalue weighted by Crippen LogP contribution is -2.04. The highest BCUT2D eigenvalue weighted by atomic mass is 31.2. The van der Waals surface area contributed by atoms with E-state index >= 15 is 0 Å². The van der Waals surface area contributed by atoms with Crippen LogP contribution in [0, 0.1) is 0 Å². The molecule has 0 spiro atoms. The van der Waals surface area contributed by atoms with Gasteiger partial charge in [-0.3, -0.25) is 9.36 Å². The molecule has 0 aliphatic heterocycles. The summed E-state index contributed by atoms with van der Waals surface area (Å²) in [5.41, 5.74) is 1.78. The lowest BCUT2D eigenvalue weighted by molar-refractivity contribution is -0.137. The van der Waals surface area contributed by atoms with E-state index in [0.29, 0.717) is 0 Å². The summed E-state index contributed by atoms with van der Waals surface area (Å²) in [6.07, 6.45) is 0.266. The van der Waals surface area contributed by atoms with Crippen molar-refractivity contribution < 1.29 is 23.5 Å². The maximum atomic E-state index is 12.9. The smallest absolute Gasteiger partial charge is 0.331 e. The van der Waals surface area contributed by atoms with Crippen molar-refractivity contribution in [1.82, 2.24) is 0 Å². The van der Waals surface area contributed by atoms with Gasteiger partial charge >= 0.3 is 13.6 Å². The van der Waals surface area contributed by atoms with Gasteiger partial charge in [-0.15, -0.1) is 0 Å². The molecule has 1 N–H and O–H groups in total. The molecule has 2 aromatic carbocycles. The Hall–Kier alpha value is -1.94. The summed E-state index contributed by atoms with van der Waals surface area (Å²) in [4.78, 5) is 10.7. The predicted octanol–water partition coefficient (Wildman–Crippen LogP) is 4.48. The maximum absolute atomic E-state index is 12.9. The number of carbonyl (C=O) groups is 1. The van der Waals surface area contributed by atoms with Crippen LogP contribution in [0.1, 0.15) is 24.0 Å². The van der Waals surface area contributed by atoms with E-state index in [1.54, 1.807) is 0 Å². The molecule has 0 atom stereocenters. The lowest BCUT2D eigenvalue weighted by Gasteiger charge is -2.18. The van der Waals surface area contributed by atoms with Crippen molar-refractivity contribution in [3.63, 3.8) is 0 Å². The second-order valence-electron chi connectivity index (χ2n) is 5.35. The Morgan fingerprint density at radius 1 is 0.875 bits per heavy atom. The molecule has 0 amide bonds. The third-order valence-electron chi connectivity index (χ3n) is 3.36. The van der Waals surface area contributed by atoms with E-state index in [2.05, 4.69) is 0 Å². The zero-order valence-electron chi connectivity index (χ0n) is 13.3. The number of benzene rings is 2. The Labute approximate surface area is 141 Å². The summed E-state index contributed by atoms with van der Waals surface area (Å²) in [6, 6.07) is 18.8. The molecule has 6 heteroatoms. The van der Waals surface area contributed by atoms with Crippen molar-refractivity contribution >= 4 is 13.6 Å². The average molecular weight is 348 g/mol. The van der Waals surface area contributed by atoms with Crippen LogP contribution in [0.4, 0.5) is 0 Å². The Morgan fingerprint density at radius 2 is 1.33 bits per heavy atom. The summed E-state index contributed by atoms with van der Waals surface area (Å²) < 4.78 is 24.0. The van der Waals surface area contributed by atoms with E-state index in [-0.39, 0.29) is 32.2 Å². The number of carboxylic acid groups (broad SMARTS) is 1. The minimum atomic E-state index is -3.37. The molecular formula is C18H21O5P. The van der Waals surface area contributed by atoms with Gasteiger partial charge in [0.15, 0.2) is 0 Å². The summed E-state index contributed by atoms with van der Waals surface area (Å²) in [7, 11) is -3.37. The third-order valence-corrected chi connectivity index (χ3v) is 5.27. The van der Waals surface area contributed by atoms with E-state index in [4.69, 9.17) is 14.2 Å². The molecule has 128 valence electrons. The molecule has 24 heavy (non-hydrogen) atoms. The van der Waals surface area contributed by atoms with Crippen LogP contribution in [0.5, 0.6) is 0 Å². The first-order chi connectivity index (χ1) is 11.6. The van der Waals surface area contributed by atoms with Crippen molar-refractivity contribution in [2.75, 3.05) is 6.16 Å². The summed E-state index contributed by atoms with van der Waals surface area (Å²) in [5, 5.41) is 8.75. The van der Waals surface area contributed by atoms with Gasteiger partial charge in [-0.25, -0.2) is 0 Å². The first-order valence-electron chi connectivity index (χ1n) is 7.75. The molecule has 0 heterocycles. The van der Waals surface area contributed by atoms with Crippen molar-refractivity contribution in [3.05, 3.63) is 71.8 Å². The number of rotatable bonds is 10. The van der Waals surface area contributed by atoms with Gasteiger partial charge in [0.2, 0.25) is 0 Å². The fourth-order valence-corrected chi connectivity index (χ4v) is 3.65. The van der Waals surface area contributed by atoms with E-state index in [9.17, 15) is 9.36 Å². The van der Waals surface area contributed by atoms with Crippen LogP contribution in [0.25, 0.3) is 0 Å². The second-order valence-corrected chi connectivity index (χ2v) is 7.54. The number of carboxylic acids is 1. The molecule has 0 aliphatic carbocycles.